The molecule has 0 aliphatic carbocycles. The van der Waals surface area contributed by atoms with Crippen molar-refractivity contribution in [2.45, 2.75) is 20.0 Å². The maximum absolute atomic E-state index is 13.5. The van der Waals surface area contributed by atoms with Crippen LogP contribution in [0.4, 0.5) is 28.9 Å². The van der Waals surface area contributed by atoms with Crippen molar-refractivity contribution in [1.82, 2.24) is 9.78 Å². The minimum absolute atomic E-state index is 0.0622. The predicted octanol–water partition coefficient (Wildman–Crippen LogP) is 4.62. The van der Waals surface area contributed by atoms with Crippen molar-refractivity contribution in [2.24, 2.45) is 0 Å². The number of benzene rings is 2. The third-order valence-corrected chi connectivity index (χ3v) is 4.33. The van der Waals surface area contributed by atoms with Gasteiger partial charge in [-0.3, -0.25) is 4.79 Å². The summed E-state index contributed by atoms with van der Waals surface area (Å²) in [5.74, 6) is -1.38. The average molecular weight is 436 g/mol. The normalized spacial score (nSPS) is 11.3. The van der Waals surface area contributed by atoms with E-state index >= 15 is 0 Å². The molecule has 2 aromatic carbocycles. The number of anilines is 2. The van der Waals surface area contributed by atoms with Gasteiger partial charge in [0.05, 0.1) is 35.0 Å². The Morgan fingerprint density at radius 3 is 2.52 bits per heavy atom. The Kier molecular flexibility index (Phi) is 6.47. The molecular weight excluding hydrogens is 416 g/mol. The van der Waals surface area contributed by atoms with Crippen molar-refractivity contribution < 1.29 is 27.1 Å². The molecule has 0 unspecified atom stereocenters. The molecule has 3 aromatic rings. The molecule has 1 heterocycles. The van der Waals surface area contributed by atoms with Crippen molar-refractivity contribution in [1.29, 1.82) is 0 Å². The molecule has 0 saturated heterocycles. The number of halogens is 4. The molecule has 0 atom stereocenters. The number of aryl methyl sites for hydroxylation is 1. The number of amides is 1. The lowest BCUT2D eigenvalue weighted by Gasteiger charge is -2.14. The van der Waals surface area contributed by atoms with Crippen LogP contribution in [0.1, 0.15) is 11.4 Å². The topological polar surface area (TPSA) is 68.2 Å². The van der Waals surface area contributed by atoms with Gasteiger partial charge in [-0.05, 0) is 38.1 Å². The van der Waals surface area contributed by atoms with Crippen LogP contribution in [0.25, 0.3) is 5.69 Å². The first kappa shape index (κ1) is 22.1. The summed E-state index contributed by atoms with van der Waals surface area (Å²) in [4.78, 5) is 12.4. The first-order chi connectivity index (χ1) is 14.6. The molecule has 2 N–H and O–H groups in total. The Morgan fingerprint density at radius 1 is 1.13 bits per heavy atom. The summed E-state index contributed by atoms with van der Waals surface area (Å²) in [5.41, 5.74) is 2.58. The number of hydrogen-bond donors (Lipinski definition) is 2. The standard InChI is InChI=1S/C21H20F4N4O2/c1-13-20(14(2)29(28-13)16-6-4-3-5-7-16)27-19(30)11-26-17-10-15(22)8-9-18(17)31-12-21(23,24)25/h3-10,26H,11-12H2,1-2H3,(H,27,30). The Balaban J connectivity index is 1.69. The number of hydrogen-bond acceptors (Lipinski definition) is 4. The quantitative estimate of drug-likeness (QED) is 0.531. The zero-order chi connectivity index (χ0) is 22.6. The van der Waals surface area contributed by atoms with E-state index in [0.717, 1.165) is 23.9 Å². The molecular formula is C21H20F4N4O2. The van der Waals surface area contributed by atoms with E-state index < -0.39 is 24.5 Å². The van der Waals surface area contributed by atoms with Crippen molar-refractivity contribution in [3.63, 3.8) is 0 Å². The zero-order valence-electron chi connectivity index (χ0n) is 16.8. The Bertz CT molecular complexity index is 1070. The molecule has 0 aliphatic heterocycles. The number of carbonyl (C=O) groups excluding carboxylic acids is 1. The Labute approximate surface area is 175 Å². The zero-order valence-corrected chi connectivity index (χ0v) is 16.8. The summed E-state index contributed by atoms with van der Waals surface area (Å²) < 4.78 is 57.2. The summed E-state index contributed by atoms with van der Waals surface area (Å²) in [6.07, 6.45) is -4.54. The lowest BCUT2D eigenvalue weighted by Crippen LogP contribution is -2.23. The smallest absolute Gasteiger partial charge is 0.422 e. The molecule has 3 rings (SSSR count). The molecule has 1 aromatic heterocycles. The van der Waals surface area contributed by atoms with E-state index in [1.54, 1.807) is 18.5 Å². The van der Waals surface area contributed by atoms with Gasteiger partial charge in [-0.15, -0.1) is 0 Å². The highest BCUT2D eigenvalue weighted by Gasteiger charge is 2.29. The molecule has 0 aliphatic rings. The number of nitrogens with one attached hydrogen (secondary N) is 2. The monoisotopic (exact) mass is 436 g/mol. The van der Waals surface area contributed by atoms with Crippen LogP contribution in [0.5, 0.6) is 5.75 Å². The number of para-hydroxylation sites is 1. The summed E-state index contributed by atoms with van der Waals surface area (Å²) in [5, 5.41) is 9.78. The van der Waals surface area contributed by atoms with E-state index in [9.17, 15) is 22.4 Å². The molecule has 0 bridgehead atoms. The maximum Gasteiger partial charge on any atom is 0.422 e. The maximum atomic E-state index is 13.5. The van der Waals surface area contributed by atoms with Crippen molar-refractivity contribution in [3.05, 3.63) is 65.7 Å². The molecule has 0 radical (unpaired) electrons. The van der Waals surface area contributed by atoms with Gasteiger partial charge >= 0.3 is 6.18 Å². The van der Waals surface area contributed by atoms with Crippen LogP contribution in [0.2, 0.25) is 0 Å². The Morgan fingerprint density at radius 2 is 1.84 bits per heavy atom. The van der Waals surface area contributed by atoms with Gasteiger partial charge in [-0.25, -0.2) is 9.07 Å². The largest absolute Gasteiger partial charge is 0.482 e. The second-order valence-electron chi connectivity index (χ2n) is 6.74. The molecule has 31 heavy (non-hydrogen) atoms. The van der Waals surface area contributed by atoms with Crippen LogP contribution in [-0.2, 0) is 4.79 Å². The van der Waals surface area contributed by atoms with E-state index in [0.29, 0.717) is 17.1 Å². The third-order valence-electron chi connectivity index (χ3n) is 4.33. The van der Waals surface area contributed by atoms with Crippen LogP contribution in [-0.4, -0.2) is 35.0 Å². The van der Waals surface area contributed by atoms with E-state index in [1.165, 1.54) is 0 Å². The van der Waals surface area contributed by atoms with Crippen LogP contribution in [0.3, 0.4) is 0 Å². The van der Waals surface area contributed by atoms with Gasteiger partial charge < -0.3 is 15.4 Å². The van der Waals surface area contributed by atoms with Crippen LogP contribution in [0, 0.1) is 19.7 Å². The second kappa shape index (κ2) is 9.07. The highest BCUT2D eigenvalue weighted by Crippen LogP contribution is 2.28. The number of rotatable bonds is 7. The summed E-state index contributed by atoms with van der Waals surface area (Å²) >= 11 is 0. The van der Waals surface area contributed by atoms with Gasteiger partial charge in [0.15, 0.2) is 6.61 Å². The lowest BCUT2D eigenvalue weighted by atomic mass is 10.2. The van der Waals surface area contributed by atoms with E-state index in [-0.39, 0.29) is 18.0 Å². The number of alkyl halides is 3. The van der Waals surface area contributed by atoms with Crippen molar-refractivity contribution in [3.8, 4) is 11.4 Å². The number of nitrogens with zero attached hydrogens (tertiary/aromatic N) is 2. The van der Waals surface area contributed by atoms with Crippen molar-refractivity contribution >= 4 is 17.3 Å². The average Bonchev–Trinajstić information content (AvgIpc) is 3.00. The fraction of sp³-hybridized carbons (Fsp3) is 0.238. The highest BCUT2D eigenvalue weighted by atomic mass is 19.4. The fourth-order valence-corrected chi connectivity index (χ4v) is 2.93. The minimum atomic E-state index is -4.54. The summed E-state index contributed by atoms with van der Waals surface area (Å²) in [6.45, 7) is 1.69. The van der Waals surface area contributed by atoms with Crippen molar-refractivity contribution in [2.75, 3.05) is 23.8 Å². The Hall–Kier alpha value is -3.56. The van der Waals surface area contributed by atoms with Crippen LogP contribution >= 0.6 is 0 Å². The van der Waals surface area contributed by atoms with E-state index in [1.807, 2.05) is 30.3 Å². The second-order valence-corrected chi connectivity index (χ2v) is 6.74. The molecule has 0 fully saturated rings. The molecule has 0 saturated carbocycles. The number of aromatic nitrogens is 2. The van der Waals surface area contributed by atoms with Gasteiger partial charge in [-0.2, -0.15) is 18.3 Å². The molecule has 0 spiro atoms. The lowest BCUT2D eigenvalue weighted by molar-refractivity contribution is -0.153. The molecule has 164 valence electrons. The third kappa shape index (κ3) is 5.74. The predicted molar refractivity (Wildman–Crippen MR) is 108 cm³/mol. The summed E-state index contributed by atoms with van der Waals surface area (Å²) in [7, 11) is 0. The minimum Gasteiger partial charge on any atom is -0.482 e. The van der Waals surface area contributed by atoms with E-state index in [4.69, 9.17) is 4.74 Å². The van der Waals surface area contributed by atoms with Crippen LogP contribution < -0.4 is 15.4 Å². The first-order valence-electron chi connectivity index (χ1n) is 9.28. The first-order valence-corrected chi connectivity index (χ1v) is 9.28. The molecule has 10 heteroatoms. The molecule has 1 amide bonds. The highest BCUT2D eigenvalue weighted by molar-refractivity contribution is 5.95. The summed E-state index contributed by atoms with van der Waals surface area (Å²) in [6, 6.07) is 12.4. The van der Waals surface area contributed by atoms with Crippen LogP contribution in [0.15, 0.2) is 48.5 Å². The number of carbonyl (C=O) groups is 1. The van der Waals surface area contributed by atoms with Gasteiger partial charge in [0.25, 0.3) is 0 Å². The fourth-order valence-electron chi connectivity index (χ4n) is 2.93. The van der Waals surface area contributed by atoms with E-state index in [2.05, 4.69) is 15.7 Å². The SMILES string of the molecule is Cc1nn(-c2ccccc2)c(C)c1NC(=O)CNc1cc(F)ccc1OCC(F)(F)F. The van der Waals surface area contributed by atoms with Gasteiger partial charge in [0, 0.05) is 6.07 Å². The van der Waals surface area contributed by atoms with Gasteiger partial charge in [0.2, 0.25) is 5.91 Å². The van der Waals surface area contributed by atoms with Gasteiger partial charge in [0.1, 0.15) is 11.6 Å². The molecule has 6 nitrogen and oxygen atoms in total. The number of ether oxygens (including phenoxy) is 1. The van der Waals surface area contributed by atoms with Gasteiger partial charge in [-0.1, -0.05) is 18.2 Å².